The van der Waals surface area contributed by atoms with Crippen molar-refractivity contribution in [2.75, 3.05) is 19.7 Å². The molecule has 25 heavy (non-hydrogen) atoms. The van der Waals surface area contributed by atoms with Crippen LogP contribution in [-0.2, 0) is 19.1 Å². The van der Waals surface area contributed by atoms with E-state index in [9.17, 15) is 19.2 Å². The molecule has 0 unspecified atom stereocenters. The Kier molecular flexibility index (Phi) is 11.8. The van der Waals surface area contributed by atoms with E-state index in [1.807, 2.05) is 6.92 Å². The lowest BCUT2D eigenvalue weighted by Crippen LogP contribution is -2.37. The number of carbonyl (C=O) groups is 4. The Labute approximate surface area is 150 Å². The van der Waals surface area contributed by atoms with Gasteiger partial charge in [-0.1, -0.05) is 18.7 Å². The Morgan fingerprint density at radius 3 is 2.56 bits per heavy atom. The first-order chi connectivity index (χ1) is 11.8. The highest BCUT2D eigenvalue weighted by Crippen LogP contribution is 2.07. The molecule has 140 valence electrons. The molecule has 0 heterocycles. The van der Waals surface area contributed by atoms with Gasteiger partial charge in [0.2, 0.25) is 5.78 Å². The Morgan fingerprint density at radius 1 is 1.32 bits per heavy atom. The molecule has 0 aromatic heterocycles. The van der Waals surface area contributed by atoms with E-state index in [2.05, 4.69) is 10.6 Å². The van der Waals surface area contributed by atoms with Crippen molar-refractivity contribution in [2.24, 2.45) is 11.7 Å². The molecule has 0 aromatic rings. The number of thioether (sulfide) groups is 1. The summed E-state index contributed by atoms with van der Waals surface area (Å²) in [5.41, 5.74) is 5.28. The van der Waals surface area contributed by atoms with Gasteiger partial charge in [0.15, 0.2) is 5.17 Å². The fourth-order valence-corrected chi connectivity index (χ4v) is 1.92. The molecule has 0 fully saturated rings. The van der Waals surface area contributed by atoms with E-state index in [1.54, 1.807) is 0 Å². The van der Waals surface area contributed by atoms with Crippen LogP contribution in [0.25, 0.3) is 0 Å². The molecule has 10 heteroatoms. The van der Waals surface area contributed by atoms with Gasteiger partial charge in [0, 0.05) is 24.6 Å². The normalized spacial score (nSPS) is 12.0. The maximum Gasteiger partial charge on any atom is 0.407 e. The highest BCUT2D eigenvalue weighted by atomic mass is 32.2. The molecule has 0 saturated heterocycles. The van der Waals surface area contributed by atoms with Crippen molar-refractivity contribution in [3.8, 4) is 0 Å². The van der Waals surface area contributed by atoms with Crippen LogP contribution in [0.2, 0.25) is 0 Å². The zero-order valence-electron chi connectivity index (χ0n) is 14.3. The number of Topliss-reactive ketones (excluding diaryl/α,β-unsaturated/α-hetero) is 1. The molecule has 0 rings (SSSR count). The number of ketones is 1. The predicted octanol–water partition coefficient (Wildman–Crippen LogP) is 0.544. The van der Waals surface area contributed by atoms with E-state index in [0.29, 0.717) is 25.7 Å². The van der Waals surface area contributed by atoms with Gasteiger partial charge in [0.25, 0.3) is 5.91 Å². The minimum atomic E-state index is -0.847. The number of aldehydes is 1. The molecule has 0 aromatic carbocycles. The van der Waals surface area contributed by atoms with Crippen molar-refractivity contribution in [1.82, 2.24) is 10.6 Å². The number of ether oxygens (including phenoxy) is 1. The summed E-state index contributed by atoms with van der Waals surface area (Å²) >= 11 is 0.823. The summed E-state index contributed by atoms with van der Waals surface area (Å²) in [5.74, 6) is -2.15. The van der Waals surface area contributed by atoms with Gasteiger partial charge in [0.1, 0.15) is 6.29 Å². The number of alkyl carbamates (subject to hydrolysis) is 1. The van der Waals surface area contributed by atoms with Gasteiger partial charge in [-0.25, -0.2) is 4.79 Å². The van der Waals surface area contributed by atoms with Gasteiger partial charge in [-0.15, -0.1) is 0 Å². The van der Waals surface area contributed by atoms with E-state index in [-0.39, 0.29) is 23.8 Å². The third-order valence-electron chi connectivity index (χ3n) is 2.87. The van der Waals surface area contributed by atoms with E-state index in [1.165, 1.54) is 12.3 Å². The Hall–Kier alpha value is -2.36. The lowest BCUT2D eigenvalue weighted by Gasteiger charge is -2.12. The van der Waals surface area contributed by atoms with E-state index in [4.69, 9.17) is 15.9 Å². The van der Waals surface area contributed by atoms with Crippen LogP contribution in [0.3, 0.4) is 0 Å². The zero-order valence-corrected chi connectivity index (χ0v) is 15.1. The first-order valence-corrected chi connectivity index (χ1v) is 8.55. The van der Waals surface area contributed by atoms with Crippen molar-refractivity contribution in [1.29, 1.82) is 5.41 Å². The second-order valence-electron chi connectivity index (χ2n) is 5.07. The maximum absolute atomic E-state index is 11.8. The van der Waals surface area contributed by atoms with Crippen LogP contribution in [0.5, 0.6) is 0 Å². The summed E-state index contributed by atoms with van der Waals surface area (Å²) in [4.78, 5) is 45.8. The lowest BCUT2D eigenvalue weighted by atomic mass is 10.1. The molecule has 0 spiro atoms. The molecule has 0 bridgehead atoms. The van der Waals surface area contributed by atoms with Crippen molar-refractivity contribution >= 4 is 41.0 Å². The third kappa shape index (κ3) is 10.9. The van der Waals surface area contributed by atoms with Crippen LogP contribution in [0.15, 0.2) is 11.0 Å². The van der Waals surface area contributed by atoms with Crippen LogP contribution in [0, 0.1) is 11.3 Å². The quantitative estimate of drug-likeness (QED) is 0.136. The highest BCUT2D eigenvalue weighted by molar-refractivity contribution is 8.16. The Morgan fingerprint density at radius 2 is 2.00 bits per heavy atom. The molecule has 0 aliphatic rings. The molecule has 0 aliphatic heterocycles. The summed E-state index contributed by atoms with van der Waals surface area (Å²) in [7, 11) is 0. The first kappa shape index (κ1) is 22.6. The average molecular weight is 372 g/mol. The summed E-state index contributed by atoms with van der Waals surface area (Å²) in [6, 6.07) is 0. The average Bonchev–Trinajstić information content (AvgIpc) is 2.59. The number of hydrogen-bond acceptors (Lipinski definition) is 7. The number of amidine groups is 1. The third-order valence-corrected chi connectivity index (χ3v) is 3.59. The van der Waals surface area contributed by atoms with E-state index in [0.717, 1.165) is 11.8 Å². The van der Waals surface area contributed by atoms with Crippen molar-refractivity contribution in [2.45, 2.75) is 26.7 Å². The topological polar surface area (TPSA) is 151 Å². The van der Waals surface area contributed by atoms with Gasteiger partial charge in [-0.2, -0.15) is 0 Å². The van der Waals surface area contributed by atoms with Crippen LogP contribution >= 0.6 is 11.8 Å². The van der Waals surface area contributed by atoms with Crippen LogP contribution in [0.1, 0.15) is 26.7 Å². The summed E-state index contributed by atoms with van der Waals surface area (Å²) in [6.45, 7) is 3.81. The van der Waals surface area contributed by atoms with Crippen molar-refractivity contribution in [3.05, 3.63) is 11.0 Å². The lowest BCUT2D eigenvalue weighted by molar-refractivity contribution is -0.135. The SMILES string of the molecule is CCCOC(=O)NCC[C@@H](C=O)CNC(=O)C(=O)/C(C)=C/SC(=N)N. The van der Waals surface area contributed by atoms with Gasteiger partial charge < -0.3 is 25.9 Å². The minimum Gasteiger partial charge on any atom is -0.450 e. The number of nitrogens with two attached hydrogens (primary N) is 1. The molecule has 1 atom stereocenters. The van der Waals surface area contributed by atoms with Gasteiger partial charge in [0.05, 0.1) is 6.61 Å². The number of hydrogen-bond donors (Lipinski definition) is 4. The molecule has 0 aliphatic carbocycles. The predicted molar refractivity (Wildman–Crippen MR) is 95.1 cm³/mol. The van der Waals surface area contributed by atoms with Crippen LogP contribution in [-0.4, -0.2) is 48.9 Å². The van der Waals surface area contributed by atoms with Crippen molar-refractivity contribution in [3.63, 3.8) is 0 Å². The molecule has 0 saturated carbocycles. The van der Waals surface area contributed by atoms with E-state index < -0.39 is 23.7 Å². The standard InChI is InChI=1S/C15H24N4O5S/c1-3-6-24-15(23)18-5-4-11(8-20)7-19-13(22)12(21)10(2)9-25-14(16)17/h8-9,11H,3-7H2,1-2H3,(H3,16,17)(H,18,23)(H,19,22)/b10-9+/t11-/m1/s1. The zero-order chi connectivity index (χ0) is 19.2. The summed E-state index contributed by atoms with van der Waals surface area (Å²) < 4.78 is 4.82. The largest absolute Gasteiger partial charge is 0.450 e. The molecule has 9 nitrogen and oxygen atoms in total. The minimum absolute atomic E-state index is 0.0209. The fraction of sp³-hybridized carbons (Fsp3) is 0.533. The first-order valence-electron chi connectivity index (χ1n) is 7.67. The van der Waals surface area contributed by atoms with Gasteiger partial charge in [-0.05, 0) is 25.2 Å². The highest BCUT2D eigenvalue weighted by Gasteiger charge is 2.17. The van der Waals surface area contributed by atoms with Gasteiger partial charge >= 0.3 is 6.09 Å². The van der Waals surface area contributed by atoms with E-state index >= 15 is 0 Å². The van der Waals surface area contributed by atoms with Crippen LogP contribution in [0.4, 0.5) is 4.79 Å². The second-order valence-corrected chi connectivity index (χ2v) is 5.98. The molecule has 5 N–H and O–H groups in total. The molecule has 0 radical (unpaired) electrons. The van der Waals surface area contributed by atoms with Gasteiger partial charge in [-0.3, -0.25) is 15.0 Å². The molecular weight excluding hydrogens is 348 g/mol. The summed E-state index contributed by atoms with van der Waals surface area (Å²) in [6.07, 6.45) is 1.10. The fourth-order valence-electron chi connectivity index (χ4n) is 1.51. The Balaban J connectivity index is 4.24. The number of amides is 2. The number of carbonyl (C=O) groups excluding carboxylic acids is 4. The monoisotopic (exact) mass is 372 g/mol. The summed E-state index contributed by atoms with van der Waals surface area (Å²) in [5, 5.41) is 13.0. The number of rotatable bonds is 11. The second kappa shape index (κ2) is 13.0. The molecule has 2 amide bonds. The molecular formula is C15H24N4O5S. The van der Waals surface area contributed by atoms with Crippen molar-refractivity contribution < 1.29 is 23.9 Å². The Bertz CT molecular complexity index is 536. The van der Waals surface area contributed by atoms with Crippen LogP contribution < -0.4 is 16.4 Å². The number of nitrogens with one attached hydrogen (secondary N) is 3. The maximum atomic E-state index is 11.8. The smallest absolute Gasteiger partial charge is 0.407 e.